The van der Waals surface area contributed by atoms with Crippen LogP contribution in [0.25, 0.3) is 0 Å². The van der Waals surface area contributed by atoms with Crippen LogP contribution in [0, 0.1) is 5.82 Å². The molecule has 10 heteroatoms. The molecule has 1 aliphatic heterocycles. The first kappa shape index (κ1) is 20.0. The molecule has 0 bridgehead atoms. The van der Waals surface area contributed by atoms with Crippen LogP contribution >= 0.6 is 15.9 Å². The predicted molar refractivity (Wildman–Crippen MR) is 100 cm³/mol. The molecule has 0 atom stereocenters. The minimum atomic E-state index is -1.04. The summed E-state index contributed by atoms with van der Waals surface area (Å²) in [5.74, 6) is -1.58. The highest BCUT2D eigenvalue weighted by Crippen LogP contribution is 2.37. The Morgan fingerprint density at radius 1 is 1.36 bits per heavy atom. The molecule has 0 spiro atoms. The van der Waals surface area contributed by atoms with Crippen molar-refractivity contribution in [2.75, 3.05) is 32.1 Å². The number of halogens is 2. The van der Waals surface area contributed by atoms with Crippen LogP contribution in [0.4, 0.5) is 10.3 Å². The Bertz CT molecular complexity index is 918. The van der Waals surface area contributed by atoms with Crippen LogP contribution in [0.1, 0.15) is 15.9 Å². The number of nitrogens with zero attached hydrogens (tertiary/aromatic N) is 3. The number of aromatic nitrogens is 2. The number of likely N-dealkylation sites (N-methyl/N-ethyl adjacent to an activating group) is 1. The molecule has 0 aliphatic carbocycles. The molecule has 3 rings (SSSR count). The van der Waals surface area contributed by atoms with E-state index in [1.807, 2.05) is 0 Å². The van der Waals surface area contributed by atoms with Crippen LogP contribution in [0.3, 0.4) is 0 Å². The quantitative estimate of drug-likeness (QED) is 0.670. The number of hydrogen-bond donors (Lipinski definition) is 1. The molecule has 0 radical (unpaired) electrons. The summed E-state index contributed by atoms with van der Waals surface area (Å²) in [6, 6.07) is 5.05. The average molecular weight is 451 g/mol. The van der Waals surface area contributed by atoms with Gasteiger partial charge in [-0.1, -0.05) is 22.0 Å². The van der Waals surface area contributed by atoms with Gasteiger partial charge in [0, 0.05) is 17.1 Å². The van der Waals surface area contributed by atoms with Gasteiger partial charge in [-0.3, -0.25) is 19.7 Å². The SMILES string of the molecule is CN(CC(=O)Nc1ncc(F)cn1)C(=O)C1(c2cc(Br)ccc2C=O)COC1. The molecule has 1 fully saturated rings. The lowest BCUT2D eigenvalue weighted by molar-refractivity contribution is -0.156. The first-order chi connectivity index (χ1) is 13.4. The standard InChI is InChI=1S/C18H16BrFN4O4/c1-24(7-15(26)23-17-21-5-13(20)6-22-17)16(27)18(9-28-10-18)14-4-12(19)3-2-11(14)8-25/h2-6,8H,7,9-10H2,1H3,(H,21,22,23,26). The molecular weight excluding hydrogens is 435 g/mol. The Morgan fingerprint density at radius 3 is 2.61 bits per heavy atom. The minimum absolute atomic E-state index is 0.0656. The fourth-order valence-corrected chi connectivity index (χ4v) is 3.30. The summed E-state index contributed by atoms with van der Waals surface area (Å²) >= 11 is 3.35. The summed E-state index contributed by atoms with van der Waals surface area (Å²) < 4.78 is 18.8. The van der Waals surface area contributed by atoms with Gasteiger partial charge in [0.2, 0.25) is 17.8 Å². The first-order valence-corrected chi connectivity index (χ1v) is 9.01. The van der Waals surface area contributed by atoms with Crippen molar-refractivity contribution < 1.29 is 23.5 Å². The second-order valence-corrected chi connectivity index (χ2v) is 7.27. The normalized spacial score (nSPS) is 14.7. The van der Waals surface area contributed by atoms with Crippen molar-refractivity contribution >= 4 is 40.0 Å². The predicted octanol–water partition coefficient (Wildman–Crippen LogP) is 1.56. The van der Waals surface area contributed by atoms with Crippen molar-refractivity contribution in [2.45, 2.75) is 5.41 Å². The lowest BCUT2D eigenvalue weighted by Gasteiger charge is -2.43. The van der Waals surface area contributed by atoms with Crippen LogP contribution in [-0.2, 0) is 19.7 Å². The lowest BCUT2D eigenvalue weighted by Crippen LogP contribution is -2.59. The zero-order valence-corrected chi connectivity index (χ0v) is 16.4. The van der Waals surface area contributed by atoms with E-state index in [2.05, 4.69) is 31.2 Å². The number of carbonyl (C=O) groups excluding carboxylic acids is 3. The number of aldehydes is 1. The highest BCUT2D eigenvalue weighted by Gasteiger charge is 2.50. The highest BCUT2D eigenvalue weighted by atomic mass is 79.9. The van der Waals surface area contributed by atoms with E-state index in [1.54, 1.807) is 18.2 Å². The average Bonchev–Trinajstić information content (AvgIpc) is 2.63. The number of benzene rings is 1. The Labute approximate surface area is 168 Å². The summed E-state index contributed by atoms with van der Waals surface area (Å²) in [6.07, 6.45) is 2.53. The molecule has 1 aromatic heterocycles. The number of hydrogen-bond acceptors (Lipinski definition) is 6. The van der Waals surface area contributed by atoms with E-state index in [0.717, 1.165) is 16.9 Å². The van der Waals surface area contributed by atoms with Crippen molar-refractivity contribution in [1.82, 2.24) is 14.9 Å². The molecule has 0 unspecified atom stereocenters. The number of ether oxygens (including phenoxy) is 1. The number of amides is 2. The first-order valence-electron chi connectivity index (χ1n) is 8.21. The Hall–Kier alpha value is -2.72. The highest BCUT2D eigenvalue weighted by molar-refractivity contribution is 9.10. The van der Waals surface area contributed by atoms with E-state index in [0.29, 0.717) is 17.4 Å². The van der Waals surface area contributed by atoms with E-state index in [4.69, 9.17) is 4.74 Å². The summed E-state index contributed by atoms with van der Waals surface area (Å²) in [6.45, 7) is -0.0575. The summed E-state index contributed by atoms with van der Waals surface area (Å²) in [5, 5.41) is 2.40. The fourth-order valence-electron chi connectivity index (χ4n) is 2.94. The minimum Gasteiger partial charge on any atom is -0.378 e. The van der Waals surface area contributed by atoms with Gasteiger partial charge in [0.05, 0.1) is 32.2 Å². The van der Waals surface area contributed by atoms with Gasteiger partial charge in [-0.05, 0) is 17.7 Å². The van der Waals surface area contributed by atoms with Crippen LogP contribution in [0.15, 0.2) is 35.1 Å². The summed E-state index contributed by atoms with van der Waals surface area (Å²) in [7, 11) is 1.48. The number of rotatable bonds is 6. The molecular formula is C18H16BrFN4O4. The van der Waals surface area contributed by atoms with Crippen LogP contribution in [0.5, 0.6) is 0 Å². The van der Waals surface area contributed by atoms with E-state index in [9.17, 15) is 18.8 Å². The van der Waals surface area contributed by atoms with Gasteiger partial charge in [0.15, 0.2) is 5.82 Å². The van der Waals surface area contributed by atoms with E-state index in [-0.39, 0.29) is 31.6 Å². The third kappa shape index (κ3) is 3.92. The molecule has 2 aromatic rings. The summed E-state index contributed by atoms with van der Waals surface area (Å²) in [4.78, 5) is 45.3. The molecule has 1 aromatic carbocycles. The largest absolute Gasteiger partial charge is 0.378 e. The maximum Gasteiger partial charge on any atom is 0.246 e. The van der Waals surface area contributed by atoms with Gasteiger partial charge < -0.3 is 9.64 Å². The molecule has 146 valence electrons. The topological polar surface area (TPSA) is 101 Å². The molecule has 1 N–H and O–H groups in total. The van der Waals surface area contributed by atoms with Crippen LogP contribution in [-0.4, -0.2) is 59.8 Å². The van der Waals surface area contributed by atoms with E-state index >= 15 is 0 Å². The van der Waals surface area contributed by atoms with Crippen LogP contribution in [0.2, 0.25) is 0 Å². The molecule has 2 amide bonds. The maximum absolute atomic E-state index is 13.1. The van der Waals surface area contributed by atoms with Gasteiger partial charge in [-0.15, -0.1) is 0 Å². The van der Waals surface area contributed by atoms with Gasteiger partial charge in [-0.25, -0.2) is 14.4 Å². The molecule has 0 saturated carbocycles. The van der Waals surface area contributed by atoms with Gasteiger partial charge in [0.1, 0.15) is 11.7 Å². The smallest absolute Gasteiger partial charge is 0.246 e. The number of anilines is 1. The molecule has 2 heterocycles. The second kappa shape index (κ2) is 8.11. The van der Waals surface area contributed by atoms with E-state index < -0.39 is 17.1 Å². The Morgan fingerprint density at radius 2 is 2.04 bits per heavy atom. The van der Waals surface area contributed by atoms with Crippen LogP contribution < -0.4 is 5.32 Å². The zero-order chi connectivity index (χ0) is 20.3. The van der Waals surface area contributed by atoms with Gasteiger partial charge in [-0.2, -0.15) is 0 Å². The number of nitrogens with one attached hydrogen (secondary N) is 1. The molecule has 1 saturated heterocycles. The third-order valence-electron chi connectivity index (χ3n) is 4.36. The summed E-state index contributed by atoms with van der Waals surface area (Å²) in [5.41, 5.74) is -0.110. The van der Waals surface area contributed by atoms with Gasteiger partial charge in [0.25, 0.3) is 0 Å². The monoisotopic (exact) mass is 450 g/mol. The second-order valence-electron chi connectivity index (χ2n) is 6.36. The van der Waals surface area contributed by atoms with Crippen molar-refractivity contribution in [3.8, 4) is 0 Å². The Balaban J connectivity index is 1.76. The van der Waals surface area contributed by atoms with Crippen molar-refractivity contribution in [3.63, 3.8) is 0 Å². The van der Waals surface area contributed by atoms with Crippen molar-refractivity contribution in [2.24, 2.45) is 0 Å². The van der Waals surface area contributed by atoms with E-state index in [1.165, 1.54) is 11.9 Å². The Kier molecular flexibility index (Phi) is 5.80. The molecule has 1 aliphatic rings. The third-order valence-corrected chi connectivity index (χ3v) is 4.86. The lowest BCUT2D eigenvalue weighted by atomic mass is 9.75. The maximum atomic E-state index is 13.1. The molecule has 8 nitrogen and oxygen atoms in total. The van der Waals surface area contributed by atoms with Crippen molar-refractivity contribution in [3.05, 3.63) is 52.0 Å². The van der Waals surface area contributed by atoms with Crippen molar-refractivity contribution in [1.29, 1.82) is 0 Å². The number of carbonyl (C=O) groups is 3. The zero-order valence-electron chi connectivity index (χ0n) is 14.8. The van der Waals surface area contributed by atoms with Gasteiger partial charge >= 0.3 is 0 Å². The fraction of sp³-hybridized carbons (Fsp3) is 0.278. The molecule has 28 heavy (non-hydrogen) atoms.